The van der Waals surface area contributed by atoms with Crippen LogP contribution in [0.1, 0.15) is 38.5 Å². The van der Waals surface area contributed by atoms with Gasteiger partial charge in [-0.25, -0.2) is 0 Å². The Morgan fingerprint density at radius 3 is 1.35 bits per heavy atom. The van der Waals surface area contributed by atoms with Gasteiger partial charge in [-0.2, -0.15) is 0 Å². The Morgan fingerprint density at radius 1 is 0.882 bits per heavy atom. The Labute approximate surface area is 141 Å². The van der Waals surface area contributed by atoms with E-state index >= 15 is 0 Å². The molecule has 0 amide bonds. The fraction of sp³-hybridized carbons (Fsp3) is 0.500. The largest absolute Gasteiger partial charge is 2.00 e. The molecule has 2 aliphatic carbocycles. The van der Waals surface area contributed by atoms with Crippen LogP contribution in [0.4, 0.5) is 0 Å². The maximum atomic E-state index is 10.0. The van der Waals surface area contributed by atoms with Crippen LogP contribution in [0.3, 0.4) is 0 Å². The third-order valence-electron chi connectivity index (χ3n) is 2.61. The molecule has 0 bridgehead atoms. The van der Waals surface area contributed by atoms with Gasteiger partial charge in [-0.15, -0.1) is 0 Å². The zero-order valence-corrected chi connectivity index (χ0v) is 14.2. The summed E-state index contributed by atoms with van der Waals surface area (Å²) in [4.78, 5) is 20.0. The maximum absolute atomic E-state index is 10.0. The van der Waals surface area contributed by atoms with Crippen molar-refractivity contribution in [3.05, 3.63) is 23.3 Å². The van der Waals surface area contributed by atoms with E-state index in [1.54, 1.807) is 12.2 Å². The smallest absolute Gasteiger partial charge is 0.545 e. The Morgan fingerprint density at radius 2 is 1.24 bits per heavy atom. The van der Waals surface area contributed by atoms with Crippen molar-refractivity contribution in [3.63, 3.8) is 0 Å². The van der Waals surface area contributed by atoms with Crippen molar-refractivity contribution in [2.45, 2.75) is 38.5 Å². The molecule has 0 heterocycles. The van der Waals surface area contributed by atoms with Crippen LogP contribution in [0.25, 0.3) is 0 Å². The molecule has 17 heavy (non-hydrogen) atoms. The summed E-state index contributed by atoms with van der Waals surface area (Å²) in [6.07, 6.45) is 8.62. The zero-order valence-electron chi connectivity index (χ0n) is 9.74. The third-order valence-corrected chi connectivity index (χ3v) is 2.61. The van der Waals surface area contributed by atoms with E-state index < -0.39 is 11.9 Å². The first-order valence-electron chi connectivity index (χ1n) is 5.42. The third kappa shape index (κ3) is 6.47. The van der Waals surface area contributed by atoms with E-state index in [1.807, 2.05) is 0 Å². The summed E-state index contributed by atoms with van der Waals surface area (Å²) in [5.74, 6) is -2.00. The van der Waals surface area contributed by atoms with Gasteiger partial charge in [0.15, 0.2) is 0 Å². The number of rotatable bonds is 2. The monoisotopic (exact) mass is 360 g/mol. The van der Waals surface area contributed by atoms with Gasteiger partial charge >= 0.3 is 48.9 Å². The molecule has 0 aliphatic heterocycles. The summed E-state index contributed by atoms with van der Waals surface area (Å²) in [6, 6.07) is 0. The molecule has 0 saturated heterocycles. The standard InChI is InChI=1S/2C6H8O2.Ba/c2*7-6(8)5-3-1-2-4-5;/h2*3H,1-2,4H2,(H,7,8);/q;;+2/p-2. The van der Waals surface area contributed by atoms with Gasteiger partial charge in [0.2, 0.25) is 0 Å². The zero-order chi connectivity index (χ0) is 12.0. The topological polar surface area (TPSA) is 80.3 Å². The van der Waals surface area contributed by atoms with E-state index in [0.29, 0.717) is 24.0 Å². The first-order chi connectivity index (χ1) is 7.61. The van der Waals surface area contributed by atoms with Crippen LogP contribution in [0.2, 0.25) is 0 Å². The average molecular weight is 360 g/mol. The van der Waals surface area contributed by atoms with E-state index in [0.717, 1.165) is 25.7 Å². The van der Waals surface area contributed by atoms with Crippen molar-refractivity contribution >= 4 is 60.8 Å². The van der Waals surface area contributed by atoms with Gasteiger partial charge in [0.05, 0.1) is 11.9 Å². The van der Waals surface area contributed by atoms with Gasteiger partial charge in [0, 0.05) is 0 Å². The van der Waals surface area contributed by atoms with Crippen LogP contribution in [-0.2, 0) is 9.59 Å². The minimum absolute atomic E-state index is 0. The first-order valence-corrected chi connectivity index (χ1v) is 5.42. The van der Waals surface area contributed by atoms with Crippen molar-refractivity contribution in [3.8, 4) is 0 Å². The quantitative estimate of drug-likeness (QED) is 0.612. The van der Waals surface area contributed by atoms with Crippen molar-refractivity contribution in [1.29, 1.82) is 0 Å². The molecular weight excluding hydrogens is 345 g/mol. The van der Waals surface area contributed by atoms with Gasteiger partial charge in [0.1, 0.15) is 0 Å². The van der Waals surface area contributed by atoms with E-state index in [2.05, 4.69) is 0 Å². The summed E-state index contributed by atoms with van der Waals surface area (Å²) in [6.45, 7) is 0. The van der Waals surface area contributed by atoms with Crippen molar-refractivity contribution in [2.75, 3.05) is 0 Å². The predicted molar refractivity (Wildman–Crippen MR) is 59.6 cm³/mol. The van der Waals surface area contributed by atoms with Gasteiger partial charge in [-0.3, -0.25) is 0 Å². The number of hydrogen-bond donors (Lipinski definition) is 0. The summed E-state index contributed by atoms with van der Waals surface area (Å²) in [5.41, 5.74) is 0.954. The fourth-order valence-electron chi connectivity index (χ4n) is 1.71. The molecule has 88 valence electrons. The van der Waals surface area contributed by atoms with Crippen LogP contribution in [0.5, 0.6) is 0 Å². The molecule has 0 radical (unpaired) electrons. The van der Waals surface area contributed by atoms with Gasteiger partial charge in [-0.1, -0.05) is 12.2 Å². The molecule has 4 nitrogen and oxygen atoms in total. The molecule has 0 unspecified atom stereocenters. The Hall–Kier alpha value is -0.00857. The van der Waals surface area contributed by atoms with Gasteiger partial charge in [-0.05, 0) is 49.7 Å². The summed E-state index contributed by atoms with van der Waals surface area (Å²) < 4.78 is 0. The average Bonchev–Trinajstić information content (AvgIpc) is 2.93. The number of carboxylic acid groups (broad SMARTS) is 2. The van der Waals surface area contributed by atoms with Gasteiger partial charge < -0.3 is 19.8 Å². The minimum Gasteiger partial charge on any atom is -0.545 e. The molecule has 0 fully saturated rings. The molecular formula is C12H14BaO4. The van der Waals surface area contributed by atoms with Crippen LogP contribution < -0.4 is 10.2 Å². The second kappa shape index (κ2) is 8.99. The van der Waals surface area contributed by atoms with Gasteiger partial charge in [0.25, 0.3) is 0 Å². The van der Waals surface area contributed by atoms with Crippen molar-refractivity contribution in [1.82, 2.24) is 0 Å². The molecule has 0 aromatic rings. The van der Waals surface area contributed by atoms with Crippen LogP contribution >= 0.6 is 0 Å². The fourth-order valence-corrected chi connectivity index (χ4v) is 1.71. The number of carboxylic acids is 2. The Kier molecular flexibility index (Phi) is 8.99. The van der Waals surface area contributed by atoms with E-state index in [1.165, 1.54) is 0 Å². The Bertz CT molecular complexity index is 310. The molecule has 0 aromatic heterocycles. The van der Waals surface area contributed by atoms with Crippen LogP contribution in [0.15, 0.2) is 23.3 Å². The van der Waals surface area contributed by atoms with E-state index in [4.69, 9.17) is 0 Å². The number of carbonyl (C=O) groups is 2. The number of carbonyl (C=O) groups excluding carboxylic acids is 2. The molecule has 0 saturated carbocycles. The summed E-state index contributed by atoms with van der Waals surface area (Å²) in [7, 11) is 0. The molecule has 0 N–H and O–H groups in total. The minimum atomic E-state index is -0.998. The SMILES string of the molecule is O=C([O-])C1=CCCC1.O=C([O-])C1=CCCC1.[Ba+2]. The second-order valence-corrected chi connectivity index (χ2v) is 3.82. The molecule has 0 spiro atoms. The normalized spacial score (nSPS) is 17.2. The van der Waals surface area contributed by atoms with Crippen molar-refractivity contribution < 1.29 is 19.8 Å². The van der Waals surface area contributed by atoms with Crippen molar-refractivity contribution in [2.24, 2.45) is 0 Å². The number of hydrogen-bond acceptors (Lipinski definition) is 4. The molecule has 2 rings (SSSR count). The second-order valence-electron chi connectivity index (χ2n) is 3.82. The van der Waals surface area contributed by atoms with Crippen LogP contribution in [-0.4, -0.2) is 60.8 Å². The first kappa shape index (κ1) is 17.0. The molecule has 0 atom stereocenters. The molecule has 2 aliphatic rings. The number of aliphatic carboxylic acids is 2. The molecule has 0 aromatic carbocycles. The van der Waals surface area contributed by atoms with E-state index in [-0.39, 0.29) is 48.9 Å². The summed E-state index contributed by atoms with van der Waals surface area (Å²) >= 11 is 0. The predicted octanol–water partition coefficient (Wildman–Crippen LogP) is -0.688. The Balaban J connectivity index is 0.000000284. The van der Waals surface area contributed by atoms with E-state index in [9.17, 15) is 19.8 Å². The summed E-state index contributed by atoms with van der Waals surface area (Å²) in [5, 5.41) is 20.0. The molecule has 5 heteroatoms. The maximum Gasteiger partial charge on any atom is 2.00 e. The van der Waals surface area contributed by atoms with Crippen LogP contribution in [0, 0.1) is 0 Å². The number of allylic oxidation sites excluding steroid dienone is 2.